The van der Waals surface area contributed by atoms with Crippen molar-refractivity contribution in [1.29, 1.82) is 0 Å². The first-order chi connectivity index (χ1) is 6.71. The summed E-state index contributed by atoms with van der Waals surface area (Å²) in [7, 11) is 0. The number of aromatic nitrogens is 2. The van der Waals surface area contributed by atoms with Crippen LogP contribution < -0.4 is 0 Å². The van der Waals surface area contributed by atoms with Crippen LogP contribution in [0, 0.1) is 6.92 Å². The predicted octanol–water partition coefficient (Wildman–Crippen LogP) is 1.50. The van der Waals surface area contributed by atoms with Crippen molar-refractivity contribution < 1.29 is 5.11 Å². The normalized spacial score (nSPS) is 20.7. The fraction of sp³-hybridized carbons (Fsp3) is 0.600. The Morgan fingerprint density at radius 3 is 2.43 bits per heavy atom. The van der Waals surface area contributed by atoms with E-state index < -0.39 is 5.60 Å². The van der Waals surface area contributed by atoms with Crippen LogP contribution in [0.4, 0.5) is 0 Å². The standard InChI is InChI=1S/C10H14N2OS/c1-8-6-11-9(12-7-8)10(13)2-4-14-5-3-10/h6-7,13H,2-5H2,1H3. The third-order valence-electron chi connectivity index (χ3n) is 2.52. The van der Waals surface area contributed by atoms with Gasteiger partial charge in [0.15, 0.2) is 5.82 Å². The van der Waals surface area contributed by atoms with Crippen LogP contribution >= 0.6 is 11.8 Å². The van der Waals surface area contributed by atoms with Crippen molar-refractivity contribution in [2.75, 3.05) is 11.5 Å². The Hall–Kier alpha value is -0.610. The van der Waals surface area contributed by atoms with Crippen molar-refractivity contribution in [3.05, 3.63) is 23.8 Å². The number of thioether (sulfide) groups is 1. The highest BCUT2D eigenvalue weighted by atomic mass is 32.2. The van der Waals surface area contributed by atoms with E-state index in [1.807, 2.05) is 18.7 Å². The largest absolute Gasteiger partial charge is 0.382 e. The second-order valence-electron chi connectivity index (χ2n) is 3.73. The van der Waals surface area contributed by atoms with Crippen LogP contribution in [0.3, 0.4) is 0 Å². The molecular formula is C10H14N2OS. The average Bonchev–Trinajstić information content (AvgIpc) is 2.19. The number of aliphatic hydroxyl groups is 1. The molecule has 0 radical (unpaired) electrons. The maximum Gasteiger partial charge on any atom is 0.160 e. The summed E-state index contributed by atoms with van der Waals surface area (Å²) >= 11 is 1.88. The monoisotopic (exact) mass is 210 g/mol. The summed E-state index contributed by atoms with van der Waals surface area (Å²) in [6.45, 7) is 1.95. The van der Waals surface area contributed by atoms with Crippen LogP contribution in [0.2, 0.25) is 0 Å². The Morgan fingerprint density at radius 1 is 1.29 bits per heavy atom. The van der Waals surface area contributed by atoms with Gasteiger partial charge in [0.25, 0.3) is 0 Å². The quantitative estimate of drug-likeness (QED) is 0.763. The highest BCUT2D eigenvalue weighted by Crippen LogP contribution is 2.33. The highest BCUT2D eigenvalue weighted by Gasteiger charge is 2.33. The van der Waals surface area contributed by atoms with Gasteiger partial charge in [-0.3, -0.25) is 0 Å². The molecule has 0 aromatic carbocycles. The van der Waals surface area contributed by atoms with Gasteiger partial charge in [-0.05, 0) is 36.8 Å². The van der Waals surface area contributed by atoms with Crippen LogP contribution in [-0.2, 0) is 5.60 Å². The van der Waals surface area contributed by atoms with E-state index in [1.165, 1.54) is 0 Å². The van der Waals surface area contributed by atoms with E-state index in [4.69, 9.17) is 0 Å². The fourth-order valence-electron chi connectivity index (χ4n) is 1.57. The molecule has 0 bridgehead atoms. The van der Waals surface area contributed by atoms with Gasteiger partial charge in [0.2, 0.25) is 0 Å². The Kier molecular flexibility index (Phi) is 2.74. The molecule has 1 aromatic heterocycles. The van der Waals surface area contributed by atoms with Crippen LogP contribution in [0.5, 0.6) is 0 Å². The van der Waals surface area contributed by atoms with Crippen molar-refractivity contribution in [3.63, 3.8) is 0 Å². The minimum Gasteiger partial charge on any atom is -0.382 e. The lowest BCUT2D eigenvalue weighted by molar-refractivity contribution is 0.0189. The van der Waals surface area contributed by atoms with E-state index >= 15 is 0 Å². The molecule has 1 aromatic rings. The van der Waals surface area contributed by atoms with Gasteiger partial charge in [0.1, 0.15) is 5.60 Å². The molecule has 0 saturated carbocycles. The lowest BCUT2D eigenvalue weighted by atomic mass is 9.96. The topological polar surface area (TPSA) is 46.0 Å². The van der Waals surface area contributed by atoms with Gasteiger partial charge in [-0.15, -0.1) is 0 Å². The van der Waals surface area contributed by atoms with Crippen molar-refractivity contribution in [3.8, 4) is 0 Å². The van der Waals surface area contributed by atoms with E-state index in [0.717, 1.165) is 29.9 Å². The van der Waals surface area contributed by atoms with Gasteiger partial charge in [-0.25, -0.2) is 9.97 Å². The van der Waals surface area contributed by atoms with Gasteiger partial charge in [0, 0.05) is 12.4 Å². The van der Waals surface area contributed by atoms with Crippen LogP contribution in [0.25, 0.3) is 0 Å². The molecular weight excluding hydrogens is 196 g/mol. The molecule has 3 nitrogen and oxygen atoms in total. The molecule has 0 atom stereocenters. The Labute approximate surface area is 88.0 Å². The van der Waals surface area contributed by atoms with Crippen molar-refractivity contribution >= 4 is 11.8 Å². The maximum absolute atomic E-state index is 10.3. The van der Waals surface area contributed by atoms with Crippen molar-refractivity contribution in [2.45, 2.75) is 25.4 Å². The molecule has 0 amide bonds. The van der Waals surface area contributed by atoms with E-state index in [2.05, 4.69) is 9.97 Å². The molecule has 0 aliphatic carbocycles. The molecule has 1 aliphatic heterocycles. The Morgan fingerprint density at radius 2 is 1.86 bits per heavy atom. The average molecular weight is 210 g/mol. The molecule has 0 unspecified atom stereocenters. The van der Waals surface area contributed by atoms with E-state index in [-0.39, 0.29) is 0 Å². The third-order valence-corrected chi connectivity index (χ3v) is 3.50. The Bertz CT molecular complexity index is 306. The fourth-order valence-corrected chi connectivity index (χ4v) is 2.73. The second kappa shape index (κ2) is 3.87. The van der Waals surface area contributed by atoms with Gasteiger partial charge < -0.3 is 5.11 Å². The molecule has 2 heterocycles. The molecule has 0 spiro atoms. The second-order valence-corrected chi connectivity index (χ2v) is 4.95. The third kappa shape index (κ3) is 1.91. The summed E-state index contributed by atoms with van der Waals surface area (Å²) in [6, 6.07) is 0. The summed E-state index contributed by atoms with van der Waals surface area (Å²) in [5, 5.41) is 10.3. The lowest BCUT2D eigenvalue weighted by Crippen LogP contribution is -2.32. The lowest BCUT2D eigenvalue weighted by Gasteiger charge is -2.29. The molecule has 4 heteroatoms. The zero-order valence-corrected chi connectivity index (χ0v) is 9.05. The SMILES string of the molecule is Cc1cnc(C2(O)CCSCC2)nc1. The number of hydrogen-bond acceptors (Lipinski definition) is 4. The predicted molar refractivity (Wildman–Crippen MR) is 57.2 cm³/mol. The first-order valence-electron chi connectivity index (χ1n) is 4.80. The summed E-state index contributed by atoms with van der Waals surface area (Å²) in [5.74, 6) is 2.57. The number of rotatable bonds is 1. The number of aryl methyl sites for hydroxylation is 1. The molecule has 2 rings (SSSR count). The minimum atomic E-state index is -0.779. The molecule has 14 heavy (non-hydrogen) atoms. The summed E-state index contributed by atoms with van der Waals surface area (Å²) in [4.78, 5) is 8.41. The smallest absolute Gasteiger partial charge is 0.160 e. The van der Waals surface area contributed by atoms with Crippen molar-refractivity contribution in [2.24, 2.45) is 0 Å². The highest BCUT2D eigenvalue weighted by molar-refractivity contribution is 7.99. The molecule has 76 valence electrons. The van der Waals surface area contributed by atoms with Crippen LogP contribution in [-0.4, -0.2) is 26.6 Å². The van der Waals surface area contributed by atoms with E-state index in [9.17, 15) is 5.11 Å². The molecule has 1 saturated heterocycles. The number of hydrogen-bond donors (Lipinski definition) is 1. The number of nitrogens with zero attached hydrogens (tertiary/aromatic N) is 2. The summed E-state index contributed by atoms with van der Waals surface area (Å²) in [5.41, 5.74) is 0.251. The molecule has 1 aliphatic rings. The van der Waals surface area contributed by atoms with E-state index in [0.29, 0.717) is 5.82 Å². The van der Waals surface area contributed by atoms with Gasteiger partial charge in [-0.2, -0.15) is 11.8 Å². The zero-order valence-electron chi connectivity index (χ0n) is 8.23. The van der Waals surface area contributed by atoms with Gasteiger partial charge in [0.05, 0.1) is 0 Å². The minimum absolute atomic E-state index is 0.586. The van der Waals surface area contributed by atoms with Gasteiger partial charge in [-0.1, -0.05) is 0 Å². The van der Waals surface area contributed by atoms with E-state index in [1.54, 1.807) is 12.4 Å². The molecule has 1 fully saturated rings. The first kappa shape index (κ1) is 9.93. The summed E-state index contributed by atoms with van der Waals surface area (Å²) in [6.07, 6.45) is 5.06. The summed E-state index contributed by atoms with van der Waals surface area (Å²) < 4.78 is 0. The van der Waals surface area contributed by atoms with Crippen LogP contribution in [0.1, 0.15) is 24.2 Å². The van der Waals surface area contributed by atoms with Gasteiger partial charge >= 0.3 is 0 Å². The zero-order chi connectivity index (χ0) is 10.0. The molecule has 1 N–H and O–H groups in total. The van der Waals surface area contributed by atoms with Crippen LogP contribution in [0.15, 0.2) is 12.4 Å². The first-order valence-corrected chi connectivity index (χ1v) is 5.95. The van der Waals surface area contributed by atoms with Crippen molar-refractivity contribution in [1.82, 2.24) is 9.97 Å². The Balaban J connectivity index is 2.23. The maximum atomic E-state index is 10.3.